The maximum absolute atomic E-state index is 9.61. The van der Waals surface area contributed by atoms with Gasteiger partial charge in [0.2, 0.25) is 0 Å². The third-order valence-corrected chi connectivity index (χ3v) is 3.92. The average molecular weight is 351 g/mol. The van der Waals surface area contributed by atoms with Crippen LogP contribution in [-0.2, 0) is 4.74 Å². The fourth-order valence-corrected chi connectivity index (χ4v) is 2.89. The van der Waals surface area contributed by atoms with Gasteiger partial charge in [-0.3, -0.25) is 0 Å². The van der Waals surface area contributed by atoms with Crippen molar-refractivity contribution in [3.8, 4) is 5.75 Å². The van der Waals surface area contributed by atoms with Crippen LogP contribution in [0.5, 0.6) is 5.75 Å². The van der Waals surface area contributed by atoms with Crippen LogP contribution < -0.4 is 26.4 Å². The molecule has 0 aromatic heterocycles. The molecule has 1 N–H and O–H groups in total. The highest BCUT2D eigenvalue weighted by atomic mass is 127. The predicted molar refractivity (Wildman–Crippen MR) is 63.2 cm³/mol. The highest BCUT2D eigenvalue weighted by Gasteiger charge is 2.28. The van der Waals surface area contributed by atoms with E-state index in [9.17, 15) is 3.44 Å². The third kappa shape index (κ3) is 4.12. The van der Waals surface area contributed by atoms with Crippen LogP contribution >= 0.6 is 0 Å². The lowest BCUT2D eigenvalue weighted by Crippen LogP contribution is -3.61. The maximum atomic E-state index is 9.61. The van der Waals surface area contributed by atoms with Crippen molar-refractivity contribution in [1.82, 2.24) is 0 Å². The van der Waals surface area contributed by atoms with Crippen molar-refractivity contribution in [1.29, 1.82) is 0 Å². The van der Waals surface area contributed by atoms with Crippen molar-refractivity contribution in [2.24, 2.45) is 0 Å². The van der Waals surface area contributed by atoms with Crippen molar-refractivity contribution in [3.63, 3.8) is 0 Å². The van der Waals surface area contributed by atoms with Gasteiger partial charge in [0.15, 0.2) is 5.75 Å². The van der Waals surface area contributed by atoms with Gasteiger partial charge in [-0.05, 0) is 33.8 Å². The number of benzene rings is 1. The van der Waals surface area contributed by atoms with Gasteiger partial charge in [-0.15, -0.1) is 0 Å². The van der Waals surface area contributed by atoms with Crippen molar-refractivity contribution < 1.29 is 34.5 Å². The number of halogens is 1. The minimum atomic E-state index is -1.03. The van der Waals surface area contributed by atoms with Gasteiger partial charge >= 0.3 is 21.6 Å². The lowest BCUT2D eigenvalue weighted by atomic mass is 10.1. The molecule has 0 aliphatic heterocycles. The van der Waals surface area contributed by atoms with Crippen LogP contribution in [0.4, 0.5) is 0 Å². The normalized spacial score (nSPS) is 13.5. The van der Waals surface area contributed by atoms with Crippen LogP contribution in [0.3, 0.4) is 0 Å². The Morgan fingerprint density at radius 3 is 2.41 bits per heavy atom. The zero-order valence-corrected chi connectivity index (χ0v) is 13.1. The summed E-state index contributed by atoms with van der Waals surface area (Å²) in [5.41, 5.74) is 0.757. The van der Waals surface area contributed by atoms with Crippen LogP contribution in [0.1, 0.15) is 39.4 Å². The molecule has 1 aromatic rings. The van der Waals surface area contributed by atoms with Crippen LogP contribution in [0.2, 0.25) is 0 Å². The number of hydrogen-bond donors (Lipinski definition) is 1. The second kappa shape index (κ2) is 6.02. The minimum Gasteiger partial charge on any atom is -0.483 e. The molecule has 1 rings (SSSR count). The number of ether oxygens (including phenoxy) is 2. The summed E-state index contributed by atoms with van der Waals surface area (Å²) in [5, 5.41) is 0. The summed E-state index contributed by atoms with van der Waals surface area (Å²) in [6, 6.07) is 5.83. The average Bonchev–Trinajstić information content (AvgIpc) is 2.25. The molecule has 0 saturated carbocycles. The van der Waals surface area contributed by atoms with Crippen molar-refractivity contribution in [2.75, 3.05) is 7.11 Å². The van der Waals surface area contributed by atoms with Crippen LogP contribution in [0.15, 0.2) is 18.2 Å². The SMILES string of the molecule is CO[C@@H](C)c1cccc(OC(C)(C)C)c1[I+]O. The van der Waals surface area contributed by atoms with E-state index in [1.807, 2.05) is 45.9 Å². The molecule has 0 aliphatic rings. The van der Waals surface area contributed by atoms with Gasteiger partial charge in [0.1, 0.15) is 5.60 Å². The number of hydrogen-bond acceptors (Lipinski definition) is 3. The zero-order chi connectivity index (χ0) is 13.1. The zero-order valence-electron chi connectivity index (χ0n) is 11.0. The molecular formula is C13H20IO3+. The van der Waals surface area contributed by atoms with E-state index in [0.29, 0.717) is 0 Å². The van der Waals surface area contributed by atoms with Gasteiger partial charge in [0, 0.05) is 12.7 Å². The standard InChI is InChI=1S/C13H20IO3/c1-9(16-5)10-7-6-8-11(12(10)14-15)17-13(2,3)4/h6-9,15H,1-5H3/q+1/t9-/m0/s1. The molecule has 0 spiro atoms. The Morgan fingerprint density at radius 2 is 1.94 bits per heavy atom. The van der Waals surface area contributed by atoms with Gasteiger partial charge in [-0.2, -0.15) is 3.44 Å². The summed E-state index contributed by atoms with van der Waals surface area (Å²) in [7, 11) is 1.67. The second-order valence-electron chi connectivity index (χ2n) is 4.84. The Morgan fingerprint density at radius 1 is 1.29 bits per heavy atom. The lowest BCUT2D eigenvalue weighted by molar-refractivity contribution is -0.867. The summed E-state index contributed by atoms with van der Waals surface area (Å²) >= 11 is -1.03. The Bertz CT molecular complexity index is 371. The molecule has 3 nitrogen and oxygen atoms in total. The molecule has 1 aromatic carbocycles. The van der Waals surface area contributed by atoms with Gasteiger partial charge in [0.05, 0.1) is 6.10 Å². The fraction of sp³-hybridized carbons (Fsp3) is 0.538. The molecule has 0 bridgehead atoms. The topological polar surface area (TPSA) is 38.7 Å². The molecule has 0 unspecified atom stereocenters. The number of methoxy groups -OCH3 is 1. The van der Waals surface area contributed by atoms with Gasteiger partial charge < -0.3 is 9.47 Å². The Hall–Kier alpha value is -0.330. The second-order valence-corrected chi connectivity index (χ2v) is 6.40. The van der Waals surface area contributed by atoms with Gasteiger partial charge in [-0.25, -0.2) is 0 Å². The van der Waals surface area contributed by atoms with Gasteiger partial charge in [-0.1, -0.05) is 12.1 Å². The van der Waals surface area contributed by atoms with Crippen molar-refractivity contribution in [3.05, 3.63) is 27.3 Å². The summed E-state index contributed by atoms with van der Waals surface area (Å²) in [4.78, 5) is 0. The molecule has 0 saturated heterocycles. The molecule has 4 heteroatoms. The van der Waals surface area contributed by atoms with E-state index in [4.69, 9.17) is 9.47 Å². The predicted octanol–water partition coefficient (Wildman–Crippen LogP) is -0.263. The Kier molecular flexibility index (Phi) is 5.22. The van der Waals surface area contributed by atoms with Crippen molar-refractivity contribution >= 4 is 0 Å². The first kappa shape index (κ1) is 14.7. The summed E-state index contributed by atoms with van der Waals surface area (Å²) in [6.07, 6.45) is -0.0274. The minimum absolute atomic E-state index is 0.0274. The first-order chi connectivity index (χ1) is 7.89. The molecule has 0 radical (unpaired) electrons. The molecule has 0 heterocycles. The van der Waals surface area contributed by atoms with E-state index < -0.39 is 21.6 Å². The fourth-order valence-electron chi connectivity index (χ4n) is 1.47. The summed E-state index contributed by atoms with van der Waals surface area (Å²) < 4.78 is 21.7. The van der Waals surface area contributed by atoms with Crippen LogP contribution in [0.25, 0.3) is 0 Å². The molecule has 17 heavy (non-hydrogen) atoms. The van der Waals surface area contributed by atoms with Gasteiger partial charge in [0.25, 0.3) is 3.57 Å². The van der Waals surface area contributed by atoms with E-state index in [2.05, 4.69) is 0 Å². The first-order valence-electron chi connectivity index (χ1n) is 5.52. The molecule has 0 fully saturated rings. The Labute approximate surface area is 114 Å². The quantitative estimate of drug-likeness (QED) is 0.760. The molecule has 0 amide bonds. The Balaban J connectivity index is 3.14. The molecule has 0 aliphatic carbocycles. The van der Waals surface area contributed by atoms with E-state index in [-0.39, 0.29) is 11.7 Å². The summed E-state index contributed by atoms with van der Waals surface area (Å²) in [6.45, 7) is 7.97. The van der Waals surface area contributed by atoms with E-state index in [0.717, 1.165) is 14.9 Å². The monoisotopic (exact) mass is 351 g/mol. The highest BCUT2D eigenvalue weighted by Crippen LogP contribution is 2.24. The largest absolute Gasteiger partial charge is 0.523 e. The first-order valence-corrected chi connectivity index (χ1v) is 7.56. The van der Waals surface area contributed by atoms with Crippen molar-refractivity contribution in [2.45, 2.75) is 39.4 Å². The van der Waals surface area contributed by atoms with Crippen LogP contribution in [-0.4, -0.2) is 16.1 Å². The van der Waals surface area contributed by atoms with Crippen LogP contribution in [0, 0.1) is 3.57 Å². The lowest BCUT2D eigenvalue weighted by Gasteiger charge is -2.21. The number of rotatable bonds is 4. The van der Waals surface area contributed by atoms with E-state index in [1.165, 1.54) is 0 Å². The molecular weight excluding hydrogens is 331 g/mol. The van der Waals surface area contributed by atoms with E-state index in [1.54, 1.807) is 7.11 Å². The third-order valence-electron chi connectivity index (χ3n) is 2.29. The highest BCUT2D eigenvalue weighted by molar-refractivity contribution is 5.29. The molecule has 96 valence electrons. The maximum Gasteiger partial charge on any atom is 0.523 e. The smallest absolute Gasteiger partial charge is 0.483 e. The van der Waals surface area contributed by atoms with E-state index >= 15 is 0 Å². The molecule has 1 atom stereocenters. The summed E-state index contributed by atoms with van der Waals surface area (Å²) in [5.74, 6) is 0.772.